The van der Waals surface area contributed by atoms with Gasteiger partial charge in [0, 0.05) is 31.7 Å². The van der Waals surface area contributed by atoms with E-state index in [1.807, 2.05) is 16.8 Å². The number of amides is 2. The largest absolute Gasteiger partial charge is 0.388 e. The summed E-state index contributed by atoms with van der Waals surface area (Å²) in [5.74, 6) is 0.714. The Balaban J connectivity index is 0.00000176. The van der Waals surface area contributed by atoms with E-state index in [1.165, 1.54) is 5.56 Å². The highest BCUT2D eigenvalue weighted by atomic mass is 35.5. The van der Waals surface area contributed by atoms with Gasteiger partial charge in [0.25, 0.3) is 0 Å². The topological polar surface area (TPSA) is 96.9 Å². The zero-order chi connectivity index (χ0) is 25.5. The summed E-state index contributed by atoms with van der Waals surface area (Å²) in [7, 11) is 2.04. The van der Waals surface area contributed by atoms with Gasteiger partial charge >= 0.3 is 6.03 Å². The molecule has 2 aliphatic carbocycles. The Labute approximate surface area is 243 Å². The molecule has 2 aromatic rings. The number of halogens is 2. The minimum absolute atomic E-state index is 0. The van der Waals surface area contributed by atoms with E-state index in [4.69, 9.17) is 0 Å². The van der Waals surface area contributed by atoms with E-state index >= 15 is 0 Å². The fourth-order valence-electron chi connectivity index (χ4n) is 6.76. The molecule has 3 N–H and O–H groups in total. The molecule has 1 spiro atoms. The van der Waals surface area contributed by atoms with Crippen LogP contribution in [0.1, 0.15) is 50.5 Å². The molecule has 214 valence electrons. The Kier molecular flexibility index (Phi) is 8.98. The van der Waals surface area contributed by atoms with Crippen LogP contribution in [0.3, 0.4) is 0 Å². The summed E-state index contributed by atoms with van der Waals surface area (Å²) in [4.78, 5) is 29.2. The van der Waals surface area contributed by atoms with Gasteiger partial charge in [0.2, 0.25) is 5.95 Å². The molecule has 2 saturated carbocycles. The average molecular weight is 579 g/mol. The van der Waals surface area contributed by atoms with Crippen molar-refractivity contribution in [3.05, 3.63) is 48.3 Å². The number of anilines is 2. The van der Waals surface area contributed by atoms with E-state index in [2.05, 4.69) is 55.8 Å². The number of hydrogen-bond acceptors (Lipinski definition) is 7. The van der Waals surface area contributed by atoms with Crippen molar-refractivity contribution in [2.45, 2.75) is 61.6 Å². The molecule has 3 heterocycles. The number of carbonyl (C=O) groups excluding carboxylic acids is 1. The molecular weight excluding hydrogens is 537 g/mol. The molecule has 39 heavy (non-hydrogen) atoms. The molecule has 0 atom stereocenters. The van der Waals surface area contributed by atoms with Crippen molar-refractivity contribution in [2.24, 2.45) is 0 Å². The summed E-state index contributed by atoms with van der Waals surface area (Å²) in [5, 5.41) is 18.1. The lowest BCUT2D eigenvalue weighted by atomic mass is 9.68. The van der Waals surface area contributed by atoms with Crippen molar-refractivity contribution >= 4 is 42.5 Å². The van der Waals surface area contributed by atoms with Crippen LogP contribution in [0.4, 0.5) is 16.4 Å². The molecule has 2 aliphatic heterocycles. The Morgan fingerprint density at radius 3 is 2.18 bits per heavy atom. The minimum atomic E-state index is -0.766. The number of hydrogen-bond donors (Lipinski definition) is 3. The number of β-amino-alcohol motifs (C(OH)–C–C–N with tert-alkyl or cyclic N) is 1. The molecular formula is C28H41Cl2N7O2. The first-order chi connectivity index (χ1) is 18.0. The lowest BCUT2D eigenvalue weighted by molar-refractivity contribution is -0.0690. The molecule has 4 fully saturated rings. The second-order valence-corrected chi connectivity index (χ2v) is 11.4. The van der Waals surface area contributed by atoms with Crippen LogP contribution in [0, 0.1) is 0 Å². The van der Waals surface area contributed by atoms with Crippen LogP contribution in [0.2, 0.25) is 0 Å². The molecule has 2 saturated heterocycles. The summed E-state index contributed by atoms with van der Waals surface area (Å²) >= 11 is 0. The van der Waals surface area contributed by atoms with Gasteiger partial charge in [-0.1, -0.05) is 30.3 Å². The number of piperazine rings is 1. The summed E-state index contributed by atoms with van der Waals surface area (Å²) in [5.41, 5.74) is 0.859. The number of carbonyl (C=O) groups is 1. The van der Waals surface area contributed by atoms with Crippen molar-refractivity contribution in [2.75, 3.05) is 56.1 Å². The Morgan fingerprint density at radius 2 is 1.62 bits per heavy atom. The summed E-state index contributed by atoms with van der Waals surface area (Å²) in [6.07, 6.45) is 9.75. The van der Waals surface area contributed by atoms with Gasteiger partial charge in [-0.2, -0.15) is 0 Å². The number of aliphatic hydroxyl groups is 1. The highest BCUT2D eigenvalue weighted by Crippen LogP contribution is 2.48. The first-order valence-corrected chi connectivity index (χ1v) is 13.8. The third-order valence-corrected chi connectivity index (χ3v) is 9.40. The van der Waals surface area contributed by atoms with Crippen LogP contribution in [-0.4, -0.2) is 83.5 Å². The maximum Gasteiger partial charge on any atom is 0.325 e. The van der Waals surface area contributed by atoms with E-state index in [0.717, 1.165) is 76.8 Å². The number of benzene rings is 1. The van der Waals surface area contributed by atoms with E-state index in [1.54, 1.807) is 12.4 Å². The normalized spacial score (nSPS) is 28.1. The van der Waals surface area contributed by atoms with E-state index in [-0.39, 0.29) is 41.9 Å². The quantitative estimate of drug-likeness (QED) is 0.484. The van der Waals surface area contributed by atoms with Crippen molar-refractivity contribution in [3.8, 4) is 0 Å². The number of nitrogens with zero attached hydrogens (tertiary/aromatic N) is 5. The Hall–Kier alpha value is -2.17. The molecule has 1 aromatic carbocycles. The first kappa shape index (κ1) is 29.8. The highest BCUT2D eigenvalue weighted by molar-refractivity contribution is 5.95. The maximum absolute atomic E-state index is 13.9. The molecule has 11 heteroatoms. The average Bonchev–Trinajstić information content (AvgIpc) is 3.20. The molecule has 4 aliphatic rings. The van der Waals surface area contributed by atoms with Crippen LogP contribution in [0.25, 0.3) is 0 Å². The smallest absolute Gasteiger partial charge is 0.325 e. The van der Waals surface area contributed by atoms with Crippen LogP contribution < -0.4 is 20.4 Å². The van der Waals surface area contributed by atoms with Crippen molar-refractivity contribution in [3.63, 3.8) is 0 Å². The van der Waals surface area contributed by atoms with Crippen LogP contribution in [0.5, 0.6) is 0 Å². The number of aromatic nitrogens is 2. The van der Waals surface area contributed by atoms with Gasteiger partial charge in [0.1, 0.15) is 0 Å². The number of rotatable bonds is 6. The minimum Gasteiger partial charge on any atom is -0.388 e. The molecule has 0 radical (unpaired) electrons. The van der Waals surface area contributed by atoms with Crippen LogP contribution in [0.15, 0.2) is 42.7 Å². The number of urea groups is 1. The Morgan fingerprint density at radius 1 is 0.974 bits per heavy atom. The van der Waals surface area contributed by atoms with Gasteiger partial charge in [-0.05, 0) is 57.6 Å². The van der Waals surface area contributed by atoms with E-state index < -0.39 is 5.60 Å². The van der Waals surface area contributed by atoms with Gasteiger partial charge in [0.15, 0.2) is 0 Å². The van der Waals surface area contributed by atoms with Crippen molar-refractivity contribution in [1.29, 1.82) is 0 Å². The number of nitrogens with one attached hydrogen (secondary N) is 2. The third kappa shape index (κ3) is 5.44. The SMILES string of the molecule is CNC1(c2ccccc2)CCC2(CC1)CN(c1cnc(N3CCNCC3)nc1)C(=O)N2CC1(O)CCC1.Cl.Cl. The molecule has 0 bridgehead atoms. The van der Waals surface area contributed by atoms with Crippen molar-refractivity contribution in [1.82, 2.24) is 25.5 Å². The van der Waals surface area contributed by atoms with E-state index in [0.29, 0.717) is 19.0 Å². The zero-order valence-electron chi connectivity index (χ0n) is 22.6. The first-order valence-electron chi connectivity index (χ1n) is 13.8. The second kappa shape index (κ2) is 11.7. The van der Waals surface area contributed by atoms with E-state index in [9.17, 15) is 9.90 Å². The van der Waals surface area contributed by atoms with Gasteiger partial charge < -0.3 is 25.5 Å². The van der Waals surface area contributed by atoms with Crippen LogP contribution >= 0.6 is 24.8 Å². The predicted octanol–water partition coefficient (Wildman–Crippen LogP) is 3.31. The van der Waals surface area contributed by atoms with Gasteiger partial charge in [-0.15, -0.1) is 24.8 Å². The van der Waals surface area contributed by atoms with Gasteiger partial charge in [0.05, 0.1) is 42.3 Å². The van der Waals surface area contributed by atoms with Gasteiger partial charge in [-0.3, -0.25) is 4.90 Å². The highest BCUT2D eigenvalue weighted by Gasteiger charge is 2.56. The summed E-state index contributed by atoms with van der Waals surface area (Å²) in [6.45, 7) is 4.62. The van der Waals surface area contributed by atoms with Crippen LogP contribution in [-0.2, 0) is 5.54 Å². The van der Waals surface area contributed by atoms with Gasteiger partial charge in [-0.25, -0.2) is 14.8 Å². The predicted molar refractivity (Wildman–Crippen MR) is 158 cm³/mol. The fourth-order valence-corrected chi connectivity index (χ4v) is 6.76. The fraction of sp³-hybridized carbons (Fsp3) is 0.607. The molecule has 9 nitrogen and oxygen atoms in total. The molecule has 0 unspecified atom stereocenters. The lowest BCUT2D eigenvalue weighted by Crippen LogP contribution is -2.59. The summed E-state index contributed by atoms with van der Waals surface area (Å²) in [6, 6.07) is 10.6. The monoisotopic (exact) mass is 577 g/mol. The standard InChI is InChI=1S/C28H39N7O2.2ClH/c1-29-28(22-6-3-2-4-7-22)12-10-26(11-13-28)20-34(25(36)35(26)21-27(37)8-5-9-27)23-18-31-24(32-19-23)33-16-14-30-15-17-33;;/h2-4,6-7,18-19,29-30,37H,5,8-17,20-21H2,1H3;2*1H. The lowest BCUT2D eigenvalue weighted by Gasteiger charge is -2.50. The van der Waals surface area contributed by atoms with Crippen molar-refractivity contribution < 1.29 is 9.90 Å². The summed E-state index contributed by atoms with van der Waals surface area (Å²) < 4.78 is 0. The zero-order valence-corrected chi connectivity index (χ0v) is 24.3. The molecule has 6 rings (SSSR count). The third-order valence-electron chi connectivity index (χ3n) is 9.40. The second-order valence-electron chi connectivity index (χ2n) is 11.4. The molecule has 1 aromatic heterocycles. The Bertz CT molecular complexity index is 1100. The molecule has 2 amide bonds. The maximum atomic E-state index is 13.9.